The summed E-state index contributed by atoms with van der Waals surface area (Å²) in [5, 5.41) is 14.1. The first-order valence-corrected chi connectivity index (χ1v) is 7.15. The summed E-state index contributed by atoms with van der Waals surface area (Å²) >= 11 is 0. The molecule has 110 valence electrons. The number of carboxylic acids is 1. The van der Waals surface area contributed by atoms with Gasteiger partial charge in [0.05, 0.1) is 0 Å². The number of aliphatic carboxylic acids is 1. The standard InChI is InChI=1S/C14H26N2O3/c1-14(2,11-6-3-4-7-11)10-16-13(19)15-9-5-8-12(17)18/h11H,3-10H2,1-2H3,(H,17,18)(H2,15,16,19). The molecule has 1 rings (SSSR count). The number of rotatable bonds is 7. The number of hydrogen-bond acceptors (Lipinski definition) is 2. The lowest BCUT2D eigenvalue weighted by Crippen LogP contribution is -2.43. The molecule has 0 bridgehead atoms. The topological polar surface area (TPSA) is 78.4 Å². The molecule has 1 saturated carbocycles. The molecule has 1 aliphatic carbocycles. The predicted octanol–water partition coefficient (Wildman–Crippen LogP) is 2.37. The van der Waals surface area contributed by atoms with E-state index in [1.807, 2.05) is 0 Å². The molecular formula is C14H26N2O3. The molecule has 0 aromatic carbocycles. The maximum atomic E-state index is 11.6. The molecule has 0 atom stereocenters. The molecule has 1 fully saturated rings. The van der Waals surface area contributed by atoms with Gasteiger partial charge in [-0.15, -0.1) is 0 Å². The summed E-state index contributed by atoms with van der Waals surface area (Å²) in [6.07, 6.45) is 5.68. The molecule has 0 heterocycles. The largest absolute Gasteiger partial charge is 0.481 e. The van der Waals surface area contributed by atoms with Crippen molar-refractivity contribution in [2.75, 3.05) is 13.1 Å². The molecule has 0 spiro atoms. The minimum Gasteiger partial charge on any atom is -0.481 e. The number of hydrogen-bond donors (Lipinski definition) is 3. The number of carboxylic acid groups (broad SMARTS) is 1. The Balaban J connectivity index is 2.16. The van der Waals surface area contributed by atoms with Crippen molar-refractivity contribution in [3.05, 3.63) is 0 Å². The van der Waals surface area contributed by atoms with Crippen molar-refractivity contribution in [1.82, 2.24) is 10.6 Å². The van der Waals surface area contributed by atoms with E-state index in [4.69, 9.17) is 5.11 Å². The number of amides is 2. The molecule has 19 heavy (non-hydrogen) atoms. The van der Waals surface area contributed by atoms with Crippen molar-refractivity contribution in [3.63, 3.8) is 0 Å². The highest BCUT2D eigenvalue weighted by atomic mass is 16.4. The predicted molar refractivity (Wildman–Crippen MR) is 74.0 cm³/mol. The fourth-order valence-corrected chi connectivity index (χ4v) is 2.66. The molecule has 0 radical (unpaired) electrons. The van der Waals surface area contributed by atoms with E-state index in [1.165, 1.54) is 25.7 Å². The Labute approximate surface area is 115 Å². The van der Waals surface area contributed by atoms with Gasteiger partial charge in [0.2, 0.25) is 0 Å². The average Bonchev–Trinajstić information content (AvgIpc) is 2.86. The van der Waals surface area contributed by atoms with Crippen molar-refractivity contribution in [2.45, 2.75) is 52.4 Å². The lowest BCUT2D eigenvalue weighted by atomic mass is 9.78. The Morgan fingerprint density at radius 1 is 1.21 bits per heavy atom. The fourth-order valence-electron chi connectivity index (χ4n) is 2.66. The summed E-state index contributed by atoms with van der Waals surface area (Å²) in [7, 11) is 0. The van der Waals surface area contributed by atoms with Gasteiger partial charge in [0.1, 0.15) is 0 Å². The molecule has 5 heteroatoms. The van der Waals surface area contributed by atoms with Crippen LogP contribution < -0.4 is 10.6 Å². The third-order valence-corrected chi connectivity index (χ3v) is 4.02. The number of nitrogens with one attached hydrogen (secondary N) is 2. The Hall–Kier alpha value is -1.26. The molecule has 0 unspecified atom stereocenters. The molecular weight excluding hydrogens is 244 g/mol. The van der Waals surface area contributed by atoms with Gasteiger partial charge in [-0.05, 0) is 30.6 Å². The first kappa shape index (κ1) is 15.8. The van der Waals surface area contributed by atoms with Crippen molar-refractivity contribution < 1.29 is 14.7 Å². The second kappa shape index (κ2) is 7.36. The van der Waals surface area contributed by atoms with Crippen LogP contribution in [0.1, 0.15) is 52.4 Å². The number of carbonyl (C=O) groups excluding carboxylic acids is 1. The summed E-state index contributed by atoms with van der Waals surface area (Å²) in [5.41, 5.74) is 0.134. The highest BCUT2D eigenvalue weighted by Gasteiger charge is 2.31. The van der Waals surface area contributed by atoms with Gasteiger partial charge in [0, 0.05) is 19.5 Å². The van der Waals surface area contributed by atoms with Crippen molar-refractivity contribution >= 4 is 12.0 Å². The average molecular weight is 270 g/mol. The highest BCUT2D eigenvalue weighted by Crippen LogP contribution is 2.38. The van der Waals surface area contributed by atoms with Crippen molar-refractivity contribution in [2.24, 2.45) is 11.3 Å². The van der Waals surface area contributed by atoms with E-state index in [1.54, 1.807) is 0 Å². The van der Waals surface area contributed by atoms with Crippen LogP contribution in [0.5, 0.6) is 0 Å². The van der Waals surface area contributed by atoms with E-state index < -0.39 is 5.97 Å². The van der Waals surface area contributed by atoms with Crippen LogP contribution in [-0.2, 0) is 4.79 Å². The summed E-state index contributed by atoms with van der Waals surface area (Å²) in [5.74, 6) is -0.135. The fraction of sp³-hybridized carbons (Fsp3) is 0.857. The Morgan fingerprint density at radius 2 is 1.84 bits per heavy atom. The van der Waals surface area contributed by atoms with E-state index in [9.17, 15) is 9.59 Å². The van der Waals surface area contributed by atoms with Gasteiger partial charge in [0.15, 0.2) is 0 Å². The zero-order valence-corrected chi connectivity index (χ0v) is 12.0. The van der Waals surface area contributed by atoms with Crippen LogP contribution in [-0.4, -0.2) is 30.2 Å². The summed E-state index contributed by atoms with van der Waals surface area (Å²) in [6.45, 7) is 5.48. The third-order valence-electron chi connectivity index (χ3n) is 4.02. The van der Waals surface area contributed by atoms with Crippen LogP contribution >= 0.6 is 0 Å². The van der Waals surface area contributed by atoms with Crippen molar-refractivity contribution in [3.8, 4) is 0 Å². The van der Waals surface area contributed by atoms with Crippen LogP contribution in [0.4, 0.5) is 4.79 Å². The third kappa shape index (κ3) is 5.94. The van der Waals surface area contributed by atoms with Crippen LogP contribution in [0.2, 0.25) is 0 Å². The van der Waals surface area contributed by atoms with Gasteiger partial charge in [-0.3, -0.25) is 4.79 Å². The van der Waals surface area contributed by atoms with Crippen molar-refractivity contribution in [1.29, 1.82) is 0 Å². The SMILES string of the molecule is CC(C)(CNC(=O)NCCCC(=O)O)C1CCCC1. The molecule has 5 nitrogen and oxygen atoms in total. The van der Waals surface area contributed by atoms with E-state index in [0.717, 1.165) is 0 Å². The second-order valence-corrected chi connectivity index (χ2v) is 6.08. The number of urea groups is 1. The molecule has 1 aliphatic rings. The lowest BCUT2D eigenvalue weighted by Gasteiger charge is -2.31. The summed E-state index contributed by atoms with van der Waals surface area (Å²) in [4.78, 5) is 21.9. The molecule has 0 aromatic rings. The van der Waals surface area contributed by atoms with Crippen LogP contribution in [0.3, 0.4) is 0 Å². The second-order valence-electron chi connectivity index (χ2n) is 6.08. The maximum absolute atomic E-state index is 11.6. The van der Waals surface area contributed by atoms with E-state index >= 15 is 0 Å². The van der Waals surface area contributed by atoms with Gasteiger partial charge < -0.3 is 15.7 Å². The lowest BCUT2D eigenvalue weighted by molar-refractivity contribution is -0.137. The maximum Gasteiger partial charge on any atom is 0.314 e. The van der Waals surface area contributed by atoms with Gasteiger partial charge in [-0.2, -0.15) is 0 Å². The zero-order chi connectivity index (χ0) is 14.3. The molecule has 3 N–H and O–H groups in total. The van der Waals surface area contributed by atoms with Crippen LogP contribution in [0.25, 0.3) is 0 Å². The first-order chi connectivity index (χ1) is 8.92. The van der Waals surface area contributed by atoms with Gasteiger partial charge in [0.25, 0.3) is 0 Å². The summed E-state index contributed by atoms with van der Waals surface area (Å²) in [6, 6.07) is -0.198. The van der Waals surface area contributed by atoms with E-state index in [-0.39, 0.29) is 17.9 Å². The monoisotopic (exact) mass is 270 g/mol. The van der Waals surface area contributed by atoms with Crippen LogP contribution in [0.15, 0.2) is 0 Å². The van der Waals surface area contributed by atoms with Gasteiger partial charge in [-0.1, -0.05) is 26.7 Å². The normalized spacial score (nSPS) is 16.3. The molecule has 0 aromatic heterocycles. The van der Waals surface area contributed by atoms with E-state index in [0.29, 0.717) is 25.4 Å². The molecule has 0 aliphatic heterocycles. The smallest absolute Gasteiger partial charge is 0.314 e. The molecule has 0 saturated heterocycles. The number of carbonyl (C=O) groups is 2. The zero-order valence-electron chi connectivity index (χ0n) is 12.0. The minimum atomic E-state index is -0.829. The Bertz CT molecular complexity index is 310. The Morgan fingerprint density at radius 3 is 2.42 bits per heavy atom. The van der Waals surface area contributed by atoms with Gasteiger partial charge in [-0.25, -0.2) is 4.79 Å². The van der Waals surface area contributed by atoms with Gasteiger partial charge >= 0.3 is 12.0 Å². The van der Waals surface area contributed by atoms with Crippen LogP contribution in [0, 0.1) is 11.3 Å². The van der Waals surface area contributed by atoms with E-state index in [2.05, 4.69) is 24.5 Å². The summed E-state index contributed by atoms with van der Waals surface area (Å²) < 4.78 is 0. The minimum absolute atomic E-state index is 0.0911. The molecule has 2 amide bonds. The Kier molecular flexibility index (Phi) is 6.12. The quantitative estimate of drug-likeness (QED) is 0.621. The highest BCUT2D eigenvalue weighted by molar-refractivity contribution is 5.74. The first-order valence-electron chi connectivity index (χ1n) is 7.15.